The van der Waals surface area contributed by atoms with Gasteiger partial charge in [-0.1, -0.05) is 25.7 Å². The van der Waals surface area contributed by atoms with Crippen molar-refractivity contribution in [3.8, 4) is 11.1 Å². The highest BCUT2D eigenvalue weighted by molar-refractivity contribution is 5.82. The van der Waals surface area contributed by atoms with E-state index >= 15 is 4.39 Å². The summed E-state index contributed by atoms with van der Waals surface area (Å²) in [7, 11) is 0. The maximum absolute atomic E-state index is 16.4. The van der Waals surface area contributed by atoms with E-state index in [2.05, 4.69) is 5.32 Å². The highest BCUT2D eigenvalue weighted by Crippen LogP contribution is 2.45. The monoisotopic (exact) mass is 713 g/mol. The fourth-order valence-electron chi connectivity index (χ4n) is 7.63. The molecule has 0 spiro atoms. The van der Waals surface area contributed by atoms with E-state index in [1.807, 2.05) is 4.90 Å². The third kappa shape index (κ3) is 8.54. The van der Waals surface area contributed by atoms with Crippen LogP contribution < -0.4 is 10.9 Å². The first-order chi connectivity index (χ1) is 24.3. The van der Waals surface area contributed by atoms with Crippen molar-refractivity contribution in [1.29, 1.82) is 0 Å². The van der Waals surface area contributed by atoms with Gasteiger partial charge in [0.15, 0.2) is 0 Å². The minimum atomic E-state index is -4.78. The van der Waals surface area contributed by atoms with Gasteiger partial charge in [-0.25, -0.2) is 8.78 Å². The molecule has 274 valence electrons. The van der Waals surface area contributed by atoms with Crippen molar-refractivity contribution in [3.05, 3.63) is 91.9 Å². The van der Waals surface area contributed by atoms with Gasteiger partial charge in [0, 0.05) is 24.4 Å². The van der Waals surface area contributed by atoms with Crippen LogP contribution in [0.25, 0.3) is 11.1 Å². The number of aromatic nitrogens is 1. The lowest BCUT2D eigenvalue weighted by Crippen LogP contribution is -2.41. The topological polar surface area (TPSA) is 91.6 Å². The third-order valence-corrected chi connectivity index (χ3v) is 10.6. The lowest BCUT2D eigenvalue weighted by Gasteiger charge is -2.31. The zero-order chi connectivity index (χ0) is 36.4. The number of carboxylic acid groups (broad SMARTS) is 1. The second kappa shape index (κ2) is 15.3. The Morgan fingerprint density at radius 3 is 2.29 bits per heavy atom. The number of aliphatic carboxylic acids is 1. The summed E-state index contributed by atoms with van der Waals surface area (Å²) < 4.78 is 74.6. The van der Waals surface area contributed by atoms with Gasteiger partial charge in [0.05, 0.1) is 18.0 Å². The zero-order valence-electron chi connectivity index (χ0n) is 28.8. The van der Waals surface area contributed by atoms with E-state index in [-0.39, 0.29) is 35.7 Å². The second-order valence-corrected chi connectivity index (χ2v) is 14.4. The van der Waals surface area contributed by atoms with Crippen LogP contribution in [0.3, 0.4) is 0 Å². The molecule has 1 aromatic heterocycles. The molecule has 2 atom stereocenters. The van der Waals surface area contributed by atoms with Crippen LogP contribution in [0.1, 0.15) is 116 Å². The fourth-order valence-corrected chi connectivity index (χ4v) is 7.63. The van der Waals surface area contributed by atoms with E-state index < -0.39 is 53.5 Å². The summed E-state index contributed by atoms with van der Waals surface area (Å²) in [6.45, 7) is 3.70. The predicted molar refractivity (Wildman–Crippen MR) is 183 cm³/mol. The first kappa shape index (κ1) is 36.7. The van der Waals surface area contributed by atoms with E-state index in [9.17, 15) is 37.1 Å². The summed E-state index contributed by atoms with van der Waals surface area (Å²) in [4.78, 5) is 41.9. The van der Waals surface area contributed by atoms with Gasteiger partial charge in [-0.05, 0) is 129 Å². The fraction of sp³-hybridized carbons (Fsp3) is 0.513. The van der Waals surface area contributed by atoms with Crippen molar-refractivity contribution in [1.82, 2.24) is 14.8 Å². The Hall–Kier alpha value is -4.06. The molecule has 12 heteroatoms. The number of nitrogens with one attached hydrogen (secondary N) is 1. The highest BCUT2D eigenvalue weighted by Gasteiger charge is 2.37. The van der Waals surface area contributed by atoms with Gasteiger partial charge in [-0.3, -0.25) is 14.4 Å². The molecule has 1 saturated heterocycles. The molecule has 0 unspecified atom stereocenters. The van der Waals surface area contributed by atoms with Crippen molar-refractivity contribution >= 4 is 11.9 Å². The molecule has 1 saturated carbocycles. The number of nitrogens with zero attached hydrogens (tertiary/aromatic N) is 2. The second-order valence-electron chi connectivity index (χ2n) is 14.4. The maximum Gasteiger partial charge on any atom is 0.416 e. The van der Waals surface area contributed by atoms with Gasteiger partial charge in [0.25, 0.3) is 5.56 Å². The number of hydrogen-bond acceptors (Lipinski definition) is 4. The first-order valence-electron chi connectivity index (χ1n) is 18.0. The Kier molecular flexibility index (Phi) is 11.0. The van der Waals surface area contributed by atoms with Crippen molar-refractivity contribution in [3.63, 3.8) is 0 Å². The number of fused-ring (bicyclic) bond motifs is 4. The Bertz CT molecular complexity index is 1850. The van der Waals surface area contributed by atoms with Crippen molar-refractivity contribution in [2.24, 2.45) is 0 Å². The maximum atomic E-state index is 16.4. The summed E-state index contributed by atoms with van der Waals surface area (Å²) in [5.41, 5.74) is 0.971. The number of carbonyl (C=O) groups excluding carboxylic acids is 1. The Morgan fingerprint density at radius 1 is 0.922 bits per heavy atom. The van der Waals surface area contributed by atoms with Gasteiger partial charge in [-0.15, -0.1) is 0 Å². The standard InChI is InChI=1S/C39H44F5N3O4/c1-23-16-28(40)17-25-8-5-3-2-4-6-9-33(47-22-26(12-15-46-13-7-14-46)31(20-34(47)48)39(42,43)44)38(51)45-32(21-35(49)50)30-19-27(36(23)25)18-29(37(30)41)24-10-11-24/h16-20,22,24,32-33H,2-15,21H2,1H3,(H,45,51)(H,49,50)/t32-,33-/m0/s1. The van der Waals surface area contributed by atoms with Crippen LogP contribution in [0.2, 0.25) is 0 Å². The number of carboxylic acids is 1. The van der Waals surface area contributed by atoms with Crippen LogP contribution in [-0.2, 0) is 28.6 Å². The molecule has 3 aromatic rings. The molecular weight excluding hydrogens is 669 g/mol. The summed E-state index contributed by atoms with van der Waals surface area (Å²) in [5.74, 6) is -3.18. The Balaban J connectivity index is 1.45. The Morgan fingerprint density at radius 2 is 1.63 bits per heavy atom. The predicted octanol–water partition coefficient (Wildman–Crippen LogP) is 8.02. The van der Waals surface area contributed by atoms with Crippen LogP contribution in [0.4, 0.5) is 22.0 Å². The third-order valence-electron chi connectivity index (χ3n) is 10.6. The summed E-state index contributed by atoms with van der Waals surface area (Å²) in [5, 5.41) is 12.7. The molecule has 2 bridgehead atoms. The molecular formula is C39H44F5N3O4. The smallest absolute Gasteiger partial charge is 0.416 e. The summed E-state index contributed by atoms with van der Waals surface area (Å²) >= 11 is 0. The molecule has 3 heterocycles. The van der Waals surface area contributed by atoms with E-state index in [1.165, 1.54) is 18.2 Å². The lowest BCUT2D eigenvalue weighted by atomic mass is 9.87. The SMILES string of the molecule is Cc1cc(F)cc2c1-c1cc(C3CC3)c(F)c(c1)[C@H](CC(=O)O)NC(=O)[C@@H](n1cc(CCN3CCC3)c(C(F)(F)F)cc1=O)CCCCCCC2. The number of carbonyl (C=O) groups is 2. The number of benzene rings is 2. The van der Waals surface area contributed by atoms with Crippen molar-refractivity contribution < 1.29 is 36.6 Å². The molecule has 1 aliphatic carbocycles. The molecule has 2 aromatic carbocycles. The van der Waals surface area contributed by atoms with Gasteiger partial charge < -0.3 is 19.9 Å². The molecule has 51 heavy (non-hydrogen) atoms. The molecule has 2 N–H and O–H groups in total. The largest absolute Gasteiger partial charge is 0.481 e. The van der Waals surface area contributed by atoms with Gasteiger partial charge in [0.1, 0.15) is 17.7 Å². The van der Waals surface area contributed by atoms with Gasteiger partial charge >= 0.3 is 12.1 Å². The Labute approximate surface area is 293 Å². The molecule has 2 aliphatic heterocycles. The number of pyridine rings is 1. The summed E-state index contributed by atoms with van der Waals surface area (Å²) in [6.07, 6.45) is 2.24. The van der Waals surface area contributed by atoms with E-state index in [1.54, 1.807) is 13.0 Å². The van der Waals surface area contributed by atoms with Crippen LogP contribution >= 0.6 is 0 Å². The minimum Gasteiger partial charge on any atom is -0.481 e. The van der Waals surface area contributed by atoms with E-state index in [0.717, 1.165) is 73.5 Å². The quantitative estimate of drug-likeness (QED) is 0.242. The van der Waals surface area contributed by atoms with Crippen molar-refractivity contribution in [2.45, 2.75) is 108 Å². The summed E-state index contributed by atoms with van der Waals surface area (Å²) in [6, 6.07) is 4.10. The highest BCUT2D eigenvalue weighted by atomic mass is 19.4. The van der Waals surface area contributed by atoms with Crippen LogP contribution in [0.5, 0.6) is 0 Å². The zero-order valence-corrected chi connectivity index (χ0v) is 28.8. The number of rotatable bonds is 7. The van der Waals surface area contributed by atoms with E-state index in [0.29, 0.717) is 48.6 Å². The van der Waals surface area contributed by atoms with Crippen molar-refractivity contribution in [2.75, 3.05) is 19.6 Å². The number of amides is 1. The van der Waals surface area contributed by atoms with Gasteiger partial charge in [-0.2, -0.15) is 13.2 Å². The normalized spacial score (nSPS) is 20.7. The van der Waals surface area contributed by atoms with Crippen LogP contribution in [0, 0.1) is 18.6 Å². The van der Waals surface area contributed by atoms with E-state index in [4.69, 9.17) is 0 Å². The number of aryl methyl sites for hydroxylation is 2. The molecule has 2 fully saturated rings. The average molecular weight is 714 g/mol. The molecule has 1 amide bonds. The van der Waals surface area contributed by atoms with Gasteiger partial charge in [0.2, 0.25) is 5.91 Å². The van der Waals surface area contributed by atoms with Crippen LogP contribution in [-0.4, -0.2) is 46.1 Å². The molecule has 7 nitrogen and oxygen atoms in total. The lowest BCUT2D eigenvalue weighted by molar-refractivity contribution is -0.139. The minimum absolute atomic E-state index is 0.0256. The number of likely N-dealkylation sites (tertiary alicyclic amines) is 1. The number of alkyl halides is 3. The first-order valence-corrected chi connectivity index (χ1v) is 18.0. The number of hydrogen-bond donors (Lipinski definition) is 2. The average Bonchev–Trinajstić information content (AvgIpc) is 3.87. The molecule has 3 aliphatic rings. The number of halogens is 5. The van der Waals surface area contributed by atoms with Crippen LogP contribution in [0.15, 0.2) is 41.3 Å². The molecule has 0 radical (unpaired) electrons. The molecule has 6 rings (SSSR count).